The van der Waals surface area contributed by atoms with Crippen LogP contribution in [0.15, 0.2) is 18.2 Å². The minimum atomic E-state index is -4.70. The van der Waals surface area contributed by atoms with Gasteiger partial charge in [0.25, 0.3) is 0 Å². The van der Waals surface area contributed by atoms with E-state index in [2.05, 4.69) is 10.1 Å². The Bertz CT molecular complexity index is 769. The Kier molecular flexibility index (Phi) is 5.66. The lowest BCUT2D eigenvalue weighted by Crippen LogP contribution is -2.41. The zero-order chi connectivity index (χ0) is 21.6. The summed E-state index contributed by atoms with van der Waals surface area (Å²) in [6.45, 7) is 9.85. The summed E-state index contributed by atoms with van der Waals surface area (Å²) in [4.78, 5) is 13.8. The van der Waals surface area contributed by atoms with Gasteiger partial charge in [-0.25, -0.2) is 4.79 Å². The number of rotatable bonds is 3. The molecule has 0 aromatic heterocycles. The molecule has 1 aromatic rings. The van der Waals surface area contributed by atoms with E-state index in [1.165, 1.54) is 4.90 Å². The average Bonchev–Trinajstić information content (AvgIpc) is 3.09. The Hall–Kier alpha value is -1.78. The molecule has 1 N–H and O–H groups in total. The van der Waals surface area contributed by atoms with E-state index in [0.717, 1.165) is 11.0 Å². The Morgan fingerprint density at radius 2 is 1.86 bits per heavy atom. The van der Waals surface area contributed by atoms with Gasteiger partial charge in [0.2, 0.25) is 0 Å². The van der Waals surface area contributed by atoms with Gasteiger partial charge in [0.1, 0.15) is 0 Å². The molecule has 29 heavy (non-hydrogen) atoms. The summed E-state index contributed by atoms with van der Waals surface area (Å²) >= 11 is 0. The number of likely N-dealkylation sites (tertiary alicyclic amines) is 1. The molecule has 0 spiro atoms. The first-order valence-corrected chi connectivity index (χ1v) is 9.54. The molecule has 1 aromatic carbocycles. The molecule has 1 atom stereocenters. The topological polar surface area (TPSA) is 60.0 Å². The van der Waals surface area contributed by atoms with Crippen LogP contribution in [0.2, 0.25) is 0 Å². The Morgan fingerprint density at radius 1 is 1.24 bits per heavy atom. The number of benzene rings is 1. The van der Waals surface area contributed by atoms with Gasteiger partial charge in [-0.3, -0.25) is 4.74 Å². The van der Waals surface area contributed by atoms with Crippen molar-refractivity contribution in [2.45, 2.75) is 64.7 Å². The molecule has 2 amide bonds. The van der Waals surface area contributed by atoms with E-state index < -0.39 is 36.8 Å². The third kappa shape index (κ3) is 4.87. The number of hydrogen-bond acceptors (Lipinski definition) is 4. The Labute approximate surface area is 168 Å². The molecule has 6 nitrogen and oxygen atoms in total. The number of carbonyl (C=O) groups is 1. The van der Waals surface area contributed by atoms with E-state index in [0.29, 0.717) is 5.69 Å². The van der Waals surface area contributed by atoms with Crippen LogP contribution in [0.4, 0.5) is 23.7 Å². The Balaban J connectivity index is 1.67. The van der Waals surface area contributed by atoms with Crippen molar-refractivity contribution in [3.8, 4) is 0 Å². The van der Waals surface area contributed by atoms with Crippen molar-refractivity contribution in [3.05, 3.63) is 23.8 Å². The molecule has 2 aliphatic heterocycles. The minimum Gasteiger partial charge on any atom is -0.399 e. The monoisotopic (exact) mass is 414 g/mol. The van der Waals surface area contributed by atoms with Gasteiger partial charge in [-0.05, 0) is 58.6 Å². The molecule has 2 heterocycles. The van der Waals surface area contributed by atoms with Crippen LogP contribution in [0.1, 0.15) is 39.7 Å². The SMILES string of the molecule is Cc1ccc(NC(=O)N2CCC(OC(F)(F)F)C2)cc1B1OC(C)(C)C(C)(C)O1. The van der Waals surface area contributed by atoms with Crippen molar-refractivity contribution < 1.29 is 32.0 Å². The lowest BCUT2D eigenvalue weighted by Gasteiger charge is -2.32. The minimum absolute atomic E-state index is 0.110. The second-order valence-electron chi connectivity index (χ2n) is 8.51. The van der Waals surface area contributed by atoms with Gasteiger partial charge in [0.15, 0.2) is 0 Å². The van der Waals surface area contributed by atoms with Gasteiger partial charge in [0.05, 0.1) is 17.3 Å². The van der Waals surface area contributed by atoms with E-state index >= 15 is 0 Å². The number of nitrogens with zero attached hydrogens (tertiary/aromatic N) is 1. The molecule has 160 valence electrons. The summed E-state index contributed by atoms with van der Waals surface area (Å²) in [5, 5.41) is 2.74. The normalized spacial score (nSPS) is 23.5. The van der Waals surface area contributed by atoms with Gasteiger partial charge in [-0.1, -0.05) is 11.6 Å². The number of nitrogens with one attached hydrogen (secondary N) is 1. The molecule has 3 rings (SSSR count). The third-order valence-corrected chi connectivity index (χ3v) is 5.77. The number of aryl methyl sites for hydroxylation is 1. The molecule has 0 radical (unpaired) electrons. The average molecular weight is 414 g/mol. The van der Waals surface area contributed by atoms with Crippen LogP contribution in [0.25, 0.3) is 0 Å². The first-order chi connectivity index (χ1) is 13.3. The fourth-order valence-corrected chi connectivity index (χ4v) is 3.34. The summed E-state index contributed by atoms with van der Waals surface area (Å²) in [5.74, 6) is 0. The highest BCUT2D eigenvalue weighted by Crippen LogP contribution is 2.36. The molecule has 10 heteroatoms. The van der Waals surface area contributed by atoms with Gasteiger partial charge >= 0.3 is 19.5 Å². The first-order valence-electron chi connectivity index (χ1n) is 9.54. The largest absolute Gasteiger partial charge is 0.522 e. The highest BCUT2D eigenvalue weighted by molar-refractivity contribution is 6.62. The zero-order valence-electron chi connectivity index (χ0n) is 17.2. The summed E-state index contributed by atoms with van der Waals surface area (Å²) in [5.41, 5.74) is 1.27. The zero-order valence-corrected chi connectivity index (χ0v) is 17.2. The van der Waals surface area contributed by atoms with Crippen molar-refractivity contribution in [3.63, 3.8) is 0 Å². The lowest BCUT2D eigenvalue weighted by atomic mass is 9.76. The molecule has 2 fully saturated rings. The smallest absolute Gasteiger partial charge is 0.399 e. The number of alkyl halides is 3. The predicted octanol–water partition coefficient (Wildman–Crippen LogP) is 3.44. The number of hydrogen-bond donors (Lipinski definition) is 1. The summed E-state index contributed by atoms with van der Waals surface area (Å²) < 4.78 is 53.3. The quantitative estimate of drug-likeness (QED) is 0.771. The van der Waals surface area contributed by atoms with E-state index in [1.807, 2.05) is 40.7 Å². The Morgan fingerprint density at radius 3 is 2.45 bits per heavy atom. The number of ether oxygens (including phenoxy) is 1. The highest BCUT2D eigenvalue weighted by atomic mass is 19.4. The molecule has 2 saturated heterocycles. The van der Waals surface area contributed by atoms with E-state index in [4.69, 9.17) is 9.31 Å². The van der Waals surface area contributed by atoms with E-state index in [-0.39, 0.29) is 19.5 Å². The molecule has 0 bridgehead atoms. The summed E-state index contributed by atoms with van der Waals surface area (Å²) in [6.07, 6.45) is -5.61. The second kappa shape index (κ2) is 7.48. The number of halogens is 3. The van der Waals surface area contributed by atoms with Crippen molar-refractivity contribution in [1.29, 1.82) is 0 Å². The second-order valence-corrected chi connectivity index (χ2v) is 8.51. The van der Waals surface area contributed by atoms with Crippen molar-refractivity contribution in [1.82, 2.24) is 4.90 Å². The van der Waals surface area contributed by atoms with Crippen molar-refractivity contribution in [2.24, 2.45) is 0 Å². The van der Waals surface area contributed by atoms with Gasteiger partial charge < -0.3 is 19.5 Å². The molecule has 0 aliphatic carbocycles. The fraction of sp³-hybridized carbons (Fsp3) is 0.632. The lowest BCUT2D eigenvalue weighted by molar-refractivity contribution is -0.340. The summed E-state index contributed by atoms with van der Waals surface area (Å²) in [6, 6.07) is 4.88. The molecule has 2 aliphatic rings. The van der Waals surface area contributed by atoms with Crippen molar-refractivity contribution >= 4 is 24.3 Å². The van der Waals surface area contributed by atoms with Crippen LogP contribution < -0.4 is 10.8 Å². The van der Waals surface area contributed by atoms with Crippen LogP contribution in [-0.2, 0) is 14.0 Å². The fourth-order valence-electron chi connectivity index (χ4n) is 3.34. The number of urea groups is 1. The molecule has 0 saturated carbocycles. The van der Waals surface area contributed by atoms with Crippen LogP contribution in [0.5, 0.6) is 0 Å². The van der Waals surface area contributed by atoms with Gasteiger partial charge in [-0.2, -0.15) is 0 Å². The highest BCUT2D eigenvalue weighted by Gasteiger charge is 2.52. The van der Waals surface area contributed by atoms with Gasteiger partial charge in [0, 0.05) is 18.8 Å². The number of amides is 2. The predicted molar refractivity (Wildman–Crippen MR) is 103 cm³/mol. The number of carbonyl (C=O) groups excluding carboxylic acids is 1. The summed E-state index contributed by atoms with van der Waals surface area (Å²) in [7, 11) is -0.576. The van der Waals surface area contributed by atoms with E-state index in [1.54, 1.807) is 12.1 Å². The number of anilines is 1. The van der Waals surface area contributed by atoms with Crippen LogP contribution >= 0.6 is 0 Å². The third-order valence-electron chi connectivity index (χ3n) is 5.77. The van der Waals surface area contributed by atoms with Crippen LogP contribution in [0.3, 0.4) is 0 Å². The van der Waals surface area contributed by atoms with Gasteiger partial charge in [-0.15, -0.1) is 13.2 Å². The molecule has 1 unspecified atom stereocenters. The molecular formula is C19H26BF3N2O4. The maximum absolute atomic E-state index is 12.5. The maximum atomic E-state index is 12.5. The van der Waals surface area contributed by atoms with Crippen LogP contribution in [-0.4, -0.2) is 54.8 Å². The van der Waals surface area contributed by atoms with E-state index in [9.17, 15) is 18.0 Å². The molecular weight excluding hydrogens is 388 g/mol. The van der Waals surface area contributed by atoms with Crippen LogP contribution in [0, 0.1) is 6.92 Å². The van der Waals surface area contributed by atoms with Crippen molar-refractivity contribution in [2.75, 3.05) is 18.4 Å². The maximum Gasteiger partial charge on any atom is 0.522 e. The first kappa shape index (κ1) is 21.9. The standard InChI is InChI=1S/C19H26BF3N2O4/c1-12-6-7-13(10-15(12)20-28-17(2,3)18(4,5)29-20)24-16(26)25-9-8-14(11-25)27-19(21,22)23/h6-7,10,14H,8-9,11H2,1-5H3,(H,24,26).